The Hall–Kier alpha value is -1.98. The van der Waals surface area contributed by atoms with E-state index in [1.165, 1.54) is 29.8 Å². The van der Waals surface area contributed by atoms with E-state index >= 15 is 0 Å². The van der Waals surface area contributed by atoms with E-state index in [1.54, 1.807) is 6.08 Å². The van der Waals surface area contributed by atoms with Gasteiger partial charge in [-0.2, -0.15) is 0 Å². The summed E-state index contributed by atoms with van der Waals surface area (Å²) in [4.78, 5) is 2.79. The van der Waals surface area contributed by atoms with Crippen LogP contribution in [0.3, 0.4) is 0 Å². The van der Waals surface area contributed by atoms with E-state index in [0.717, 1.165) is 6.54 Å². The molecule has 0 bridgehead atoms. The molecule has 0 saturated carbocycles. The summed E-state index contributed by atoms with van der Waals surface area (Å²) in [6.07, 6.45) is 2.25. The Kier molecular flexibility index (Phi) is 4.59. The van der Waals surface area contributed by atoms with Crippen molar-refractivity contribution < 1.29 is 12.8 Å². The molecule has 0 aromatic heterocycles. The van der Waals surface area contributed by atoms with Crippen LogP contribution in [-0.2, 0) is 16.4 Å². The van der Waals surface area contributed by atoms with Gasteiger partial charge in [-0.1, -0.05) is 36.4 Å². The van der Waals surface area contributed by atoms with E-state index in [2.05, 4.69) is 17.0 Å². The SMILES string of the molecule is O=S(=O)(C1=CCN(Cc2ccccc2)CC1)c1ccc(F)cc1. The quantitative estimate of drug-likeness (QED) is 0.806. The van der Waals surface area contributed by atoms with Crippen LogP contribution in [0.15, 0.2) is 70.5 Å². The Balaban J connectivity index is 1.72. The molecule has 5 heteroatoms. The van der Waals surface area contributed by atoms with Crippen molar-refractivity contribution in [2.24, 2.45) is 0 Å². The molecule has 0 spiro atoms. The normalized spacial score (nSPS) is 16.1. The van der Waals surface area contributed by atoms with Gasteiger partial charge in [0.15, 0.2) is 0 Å². The van der Waals surface area contributed by atoms with Crippen molar-refractivity contribution in [3.63, 3.8) is 0 Å². The van der Waals surface area contributed by atoms with Crippen molar-refractivity contribution in [3.05, 3.63) is 77.0 Å². The average molecular weight is 331 g/mol. The minimum absolute atomic E-state index is 0.154. The minimum Gasteiger partial charge on any atom is -0.295 e. The van der Waals surface area contributed by atoms with Gasteiger partial charge in [0.2, 0.25) is 9.84 Å². The molecule has 0 fully saturated rings. The monoisotopic (exact) mass is 331 g/mol. The Morgan fingerprint density at radius 1 is 1.00 bits per heavy atom. The van der Waals surface area contributed by atoms with E-state index in [4.69, 9.17) is 0 Å². The fraction of sp³-hybridized carbons (Fsp3) is 0.222. The standard InChI is InChI=1S/C18H18FNO2S/c19-16-6-8-17(9-7-16)23(21,22)18-10-12-20(13-11-18)14-15-4-2-1-3-5-15/h1-10H,11-14H2. The number of hydrogen-bond acceptors (Lipinski definition) is 3. The zero-order valence-corrected chi connectivity index (χ0v) is 13.5. The van der Waals surface area contributed by atoms with Gasteiger partial charge in [0, 0.05) is 24.5 Å². The van der Waals surface area contributed by atoms with Crippen molar-refractivity contribution in [2.75, 3.05) is 13.1 Å². The molecule has 1 aliphatic heterocycles. The third-order valence-electron chi connectivity index (χ3n) is 3.97. The van der Waals surface area contributed by atoms with Crippen molar-refractivity contribution in [1.82, 2.24) is 4.90 Å². The lowest BCUT2D eigenvalue weighted by Gasteiger charge is -2.26. The number of benzene rings is 2. The van der Waals surface area contributed by atoms with E-state index in [9.17, 15) is 12.8 Å². The summed E-state index contributed by atoms with van der Waals surface area (Å²) < 4.78 is 38.1. The molecule has 120 valence electrons. The summed E-state index contributed by atoms with van der Waals surface area (Å²) >= 11 is 0. The lowest BCUT2D eigenvalue weighted by molar-refractivity contribution is 0.288. The summed E-state index contributed by atoms with van der Waals surface area (Å²) in [5.74, 6) is -0.435. The highest BCUT2D eigenvalue weighted by Gasteiger charge is 2.24. The van der Waals surface area contributed by atoms with Crippen LogP contribution in [0.4, 0.5) is 4.39 Å². The Labute approximate surface area is 136 Å². The highest BCUT2D eigenvalue weighted by molar-refractivity contribution is 7.95. The van der Waals surface area contributed by atoms with Gasteiger partial charge in [-0.3, -0.25) is 4.90 Å². The van der Waals surface area contributed by atoms with Crippen molar-refractivity contribution in [2.45, 2.75) is 17.9 Å². The number of nitrogens with zero attached hydrogens (tertiary/aromatic N) is 1. The molecule has 0 atom stereocenters. The Bertz CT molecular complexity index is 799. The Morgan fingerprint density at radius 3 is 2.30 bits per heavy atom. The van der Waals surface area contributed by atoms with Crippen LogP contribution < -0.4 is 0 Å². The molecule has 0 radical (unpaired) electrons. The number of halogens is 1. The molecule has 3 nitrogen and oxygen atoms in total. The molecule has 2 aromatic carbocycles. The molecule has 0 N–H and O–H groups in total. The van der Waals surface area contributed by atoms with Gasteiger partial charge in [-0.25, -0.2) is 12.8 Å². The number of sulfone groups is 1. The molecule has 0 saturated heterocycles. The smallest absolute Gasteiger partial charge is 0.202 e. The fourth-order valence-electron chi connectivity index (χ4n) is 2.69. The maximum Gasteiger partial charge on any atom is 0.202 e. The summed E-state index contributed by atoms with van der Waals surface area (Å²) in [6, 6.07) is 15.1. The van der Waals surface area contributed by atoms with Gasteiger partial charge >= 0.3 is 0 Å². The van der Waals surface area contributed by atoms with Crippen molar-refractivity contribution in [3.8, 4) is 0 Å². The average Bonchev–Trinajstić information content (AvgIpc) is 2.57. The zero-order valence-electron chi connectivity index (χ0n) is 12.7. The number of hydrogen-bond donors (Lipinski definition) is 0. The van der Waals surface area contributed by atoms with Crippen LogP contribution in [0.5, 0.6) is 0 Å². The molecular formula is C18H18FNO2S. The van der Waals surface area contributed by atoms with Crippen LogP contribution >= 0.6 is 0 Å². The molecule has 0 amide bonds. The van der Waals surface area contributed by atoms with Gasteiger partial charge in [-0.05, 0) is 36.2 Å². The van der Waals surface area contributed by atoms with Crippen LogP contribution in [0, 0.1) is 5.82 Å². The second-order valence-electron chi connectivity index (χ2n) is 5.60. The van der Waals surface area contributed by atoms with Gasteiger partial charge in [0.25, 0.3) is 0 Å². The summed E-state index contributed by atoms with van der Waals surface area (Å²) in [7, 11) is -3.51. The fourth-order valence-corrected chi connectivity index (χ4v) is 4.14. The van der Waals surface area contributed by atoms with Crippen LogP contribution in [-0.4, -0.2) is 26.4 Å². The molecule has 0 unspecified atom stereocenters. The predicted octanol–water partition coefficient (Wildman–Crippen LogP) is 3.39. The van der Waals surface area contributed by atoms with Crippen LogP contribution in [0.2, 0.25) is 0 Å². The lowest BCUT2D eigenvalue weighted by atomic mass is 10.2. The first-order chi connectivity index (χ1) is 11.1. The van der Waals surface area contributed by atoms with E-state index < -0.39 is 15.7 Å². The minimum atomic E-state index is -3.51. The highest BCUT2D eigenvalue weighted by atomic mass is 32.2. The zero-order chi connectivity index (χ0) is 16.3. The molecule has 1 heterocycles. The maximum absolute atomic E-state index is 13.0. The molecule has 2 aromatic rings. The van der Waals surface area contributed by atoms with E-state index in [0.29, 0.717) is 24.4 Å². The second kappa shape index (κ2) is 6.64. The first-order valence-corrected chi connectivity index (χ1v) is 9.00. The molecule has 3 rings (SSSR count). The van der Waals surface area contributed by atoms with Crippen LogP contribution in [0.1, 0.15) is 12.0 Å². The third-order valence-corrected chi connectivity index (χ3v) is 5.92. The summed E-state index contributed by atoms with van der Waals surface area (Å²) in [6.45, 7) is 2.10. The van der Waals surface area contributed by atoms with E-state index in [-0.39, 0.29) is 4.90 Å². The highest BCUT2D eigenvalue weighted by Crippen LogP contribution is 2.25. The predicted molar refractivity (Wildman–Crippen MR) is 88.0 cm³/mol. The van der Waals surface area contributed by atoms with Crippen LogP contribution in [0.25, 0.3) is 0 Å². The second-order valence-corrected chi connectivity index (χ2v) is 7.60. The first-order valence-electron chi connectivity index (χ1n) is 7.52. The maximum atomic E-state index is 13.0. The largest absolute Gasteiger partial charge is 0.295 e. The van der Waals surface area contributed by atoms with Gasteiger partial charge in [0.05, 0.1) is 4.90 Å². The topological polar surface area (TPSA) is 37.4 Å². The van der Waals surface area contributed by atoms with Gasteiger partial charge in [0.1, 0.15) is 5.82 Å². The molecule has 0 aliphatic carbocycles. The third kappa shape index (κ3) is 3.68. The number of rotatable bonds is 4. The summed E-state index contributed by atoms with van der Waals surface area (Å²) in [5.41, 5.74) is 1.21. The molecule has 1 aliphatic rings. The van der Waals surface area contributed by atoms with Crippen molar-refractivity contribution >= 4 is 9.84 Å². The Morgan fingerprint density at radius 2 is 1.70 bits per heavy atom. The van der Waals surface area contributed by atoms with Crippen molar-refractivity contribution in [1.29, 1.82) is 0 Å². The van der Waals surface area contributed by atoms with E-state index in [1.807, 2.05) is 18.2 Å². The molecular weight excluding hydrogens is 313 g/mol. The van der Waals surface area contributed by atoms with Gasteiger partial charge < -0.3 is 0 Å². The first kappa shape index (κ1) is 15.9. The summed E-state index contributed by atoms with van der Waals surface area (Å²) in [5, 5.41) is 0. The lowest BCUT2D eigenvalue weighted by Crippen LogP contribution is -2.29. The van der Waals surface area contributed by atoms with Gasteiger partial charge in [-0.15, -0.1) is 0 Å². The molecule has 23 heavy (non-hydrogen) atoms.